The number of nitrogens with one attached hydrogen (secondary N) is 1. The average molecular weight is 339 g/mol. The molecule has 0 saturated carbocycles. The van der Waals surface area contributed by atoms with Crippen molar-refractivity contribution in [3.63, 3.8) is 0 Å². The number of rotatable bonds is 6. The van der Waals surface area contributed by atoms with Crippen molar-refractivity contribution in [3.05, 3.63) is 21.0 Å². The van der Waals surface area contributed by atoms with Gasteiger partial charge in [0.15, 0.2) is 4.67 Å². The van der Waals surface area contributed by atoms with Crippen LogP contribution < -0.4 is 5.32 Å². The maximum absolute atomic E-state index is 5.49. The first-order valence-corrected chi connectivity index (χ1v) is 6.93. The molecule has 0 aromatic carbocycles. The lowest BCUT2D eigenvalue weighted by Gasteiger charge is -2.14. The van der Waals surface area contributed by atoms with Gasteiger partial charge in [-0.2, -0.15) is 0 Å². The van der Waals surface area contributed by atoms with Crippen LogP contribution >= 0.6 is 31.9 Å². The monoisotopic (exact) mass is 337 g/mol. The minimum atomic E-state index is 0.595. The summed E-state index contributed by atoms with van der Waals surface area (Å²) in [7, 11) is 0. The molecular formula is C11H17Br2NO. The second-order valence-corrected chi connectivity index (χ2v) is 5.18. The van der Waals surface area contributed by atoms with Gasteiger partial charge in [-0.25, -0.2) is 0 Å². The molecule has 0 bridgehead atoms. The van der Waals surface area contributed by atoms with Crippen molar-refractivity contribution >= 4 is 31.9 Å². The van der Waals surface area contributed by atoms with Crippen LogP contribution in [-0.2, 0) is 6.54 Å². The standard InChI is InChI=1S/C11H17Br2NO/c1-3-5-8(4-2)14-7-9-6-10(12)11(13)15-9/h6,8,14H,3-5,7H2,1-2H3. The molecule has 0 saturated heterocycles. The molecule has 1 atom stereocenters. The Morgan fingerprint density at radius 2 is 2.13 bits per heavy atom. The topological polar surface area (TPSA) is 25.2 Å². The van der Waals surface area contributed by atoms with E-state index in [0.717, 1.165) is 27.9 Å². The van der Waals surface area contributed by atoms with Crippen molar-refractivity contribution in [2.75, 3.05) is 0 Å². The van der Waals surface area contributed by atoms with E-state index in [1.54, 1.807) is 0 Å². The van der Waals surface area contributed by atoms with Gasteiger partial charge in [-0.1, -0.05) is 20.3 Å². The summed E-state index contributed by atoms with van der Waals surface area (Å²) in [4.78, 5) is 0. The largest absolute Gasteiger partial charge is 0.452 e. The van der Waals surface area contributed by atoms with E-state index in [2.05, 4.69) is 51.0 Å². The summed E-state index contributed by atoms with van der Waals surface area (Å²) >= 11 is 6.73. The van der Waals surface area contributed by atoms with Crippen molar-refractivity contribution in [3.8, 4) is 0 Å². The first-order chi connectivity index (χ1) is 7.17. The molecule has 1 rings (SSSR count). The second-order valence-electron chi connectivity index (χ2n) is 3.61. The predicted octanol–water partition coefficient (Wildman–Crippen LogP) is 4.47. The molecule has 2 nitrogen and oxygen atoms in total. The highest BCUT2D eigenvalue weighted by Gasteiger charge is 2.08. The maximum Gasteiger partial charge on any atom is 0.183 e. The molecule has 4 heteroatoms. The van der Waals surface area contributed by atoms with Crippen LogP contribution in [0.25, 0.3) is 0 Å². The molecule has 1 heterocycles. The Kier molecular flexibility index (Phi) is 5.94. The Bertz CT molecular complexity index is 279. The van der Waals surface area contributed by atoms with Gasteiger partial charge < -0.3 is 9.73 Å². The third-order valence-corrected chi connectivity index (χ3v) is 4.10. The van der Waals surface area contributed by atoms with Crippen LogP contribution in [-0.4, -0.2) is 6.04 Å². The smallest absolute Gasteiger partial charge is 0.183 e. The maximum atomic E-state index is 5.49. The fraction of sp³-hybridized carbons (Fsp3) is 0.636. The van der Waals surface area contributed by atoms with Crippen LogP contribution in [0.15, 0.2) is 19.6 Å². The molecule has 0 fully saturated rings. The molecule has 1 unspecified atom stereocenters. The van der Waals surface area contributed by atoms with Gasteiger partial charge >= 0.3 is 0 Å². The van der Waals surface area contributed by atoms with Gasteiger partial charge in [0.1, 0.15) is 5.76 Å². The van der Waals surface area contributed by atoms with Crippen LogP contribution in [0.1, 0.15) is 38.9 Å². The molecule has 1 N–H and O–H groups in total. The van der Waals surface area contributed by atoms with E-state index in [-0.39, 0.29) is 0 Å². The normalized spacial score (nSPS) is 13.1. The summed E-state index contributed by atoms with van der Waals surface area (Å²) in [6, 6.07) is 2.59. The number of halogens is 2. The zero-order chi connectivity index (χ0) is 11.3. The third-order valence-electron chi connectivity index (χ3n) is 2.39. The Labute approximate surface area is 108 Å². The lowest BCUT2D eigenvalue weighted by atomic mass is 10.1. The molecule has 0 spiro atoms. The van der Waals surface area contributed by atoms with E-state index in [1.807, 2.05) is 6.07 Å². The summed E-state index contributed by atoms with van der Waals surface area (Å²) in [5, 5.41) is 3.49. The van der Waals surface area contributed by atoms with E-state index < -0.39 is 0 Å². The van der Waals surface area contributed by atoms with Gasteiger partial charge in [0, 0.05) is 6.04 Å². The van der Waals surface area contributed by atoms with Crippen LogP contribution in [0, 0.1) is 0 Å². The fourth-order valence-corrected chi connectivity index (χ4v) is 2.18. The summed E-state index contributed by atoms with van der Waals surface area (Å²) in [6.45, 7) is 5.22. The first-order valence-electron chi connectivity index (χ1n) is 5.34. The summed E-state index contributed by atoms with van der Waals surface area (Å²) in [5.41, 5.74) is 0. The SMILES string of the molecule is CCCC(CC)NCc1cc(Br)c(Br)o1. The molecule has 1 aromatic rings. The van der Waals surface area contributed by atoms with Gasteiger partial charge in [0.2, 0.25) is 0 Å². The molecule has 0 radical (unpaired) electrons. The first kappa shape index (κ1) is 13.3. The van der Waals surface area contributed by atoms with E-state index in [9.17, 15) is 0 Å². The van der Waals surface area contributed by atoms with Crippen LogP contribution in [0.2, 0.25) is 0 Å². The van der Waals surface area contributed by atoms with E-state index >= 15 is 0 Å². The Hall–Kier alpha value is 0.200. The minimum absolute atomic E-state index is 0.595. The number of hydrogen-bond acceptors (Lipinski definition) is 2. The lowest BCUT2D eigenvalue weighted by molar-refractivity contribution is 0.411. The van der Waals surface area contributed by atoms with Gasteiger partial charge in [-0.05, 0) is 50.8 Å². The van der Waals surface area contributed by atoms with Crippen molar-refractivity contribution in [1.82, 2.24) is 5.32 Å². The van der Waals surface area contributed by atoms with Crippen LogP contribution in [0.4, 0.5) is 0 Å². The highest BCUT2D eigenvalue weighted by atomic mass is 79.9. The molecule has 1 aromatic heterocycles. The van der Waals surface area contributed by atoms with E-state index in [1.165, 1.54) is 12.8 Å². The van der Waals surface area contributed by atoms with Crippen molar-refractivity contribution in [1.29, 1.82) is 0 Å². The second kappa shape index (κ2) is 6.71. The van der Waals surface area contributed by atoms with Gasteiger partial charge in [0.05, 0.1) is 11.0 Å². The Morgan fingerprint density at radius 3 is 2.60 bits per heavy atom. The summed E-state index contributed by atoms with van der Waals surface area (Å²) < 4.78 is 7.24. The van der Waals surface area contributed by atoms with E-state index in [4.69, 9.17) is 4.42 Å². The molecule has 0 aliphatic heterocycles. The zero-order valence-electron chi connectivity index (χ0n) is 9.15. The predicted molar refractivity (Wildman–Crippen MR) is 69.9 cm³/mol. The molecule has 0 aliphatic carbocycles. The molecule has 0 amide bonds. The Balaban J connectivity index is 2.41. The summed E-state index contributed by atoms with van der Waals surface area (Å²) in [6.07, 6.45) is 3.60. The summed E-state index contributed by atoms with van der Waals surface area (Å²) in [5.74, 6) is 0.961. The van der Waals surface area contributed by atoms with Crippen LogP contribution in [0.3, 0.4) is 0 Å². The van der Waals surface area contributed by atoms with Crippen LogP contribution in [0.5, 0.6) is 0 Å². The quantitative estimate of drug-likeness (QED) is 0.827. The van der Waals surface area contributed by atoms with Gasteiger partial charge in [0.25, 0.3) is 0 Å². The van der Waals surface area contributed by atoms with Crippen molar-refractivity contribution in [2.24, 2.45) is 0 Å². The lowest BCUT2D eigenvalue weighted by Crippen LogP contribution is -2.27. The molecule has 15 heavy (non-hydrogen) atoms. The Morgan fingerprint density at radius 1 is 1.40 bits per heavy atom. The van der Waals surface area contributed by atoms with Crippen molar-refractivity contribution < 1.29 is 4.42 Å². The molecule has 86 valence electrons. The zero-order valence-corrected chi connectivity index (χ0v) is 12.3. The molecular weight excluding hydrogens is 322 g/mol. The minimum Gasteiger partial charge on any atom is -0.452 e. The van der Waals surface area contributed by atoms with Gasteiger partial charge in [-0.3, -0.25) is 0 Å². The highest BCUT2D eigenvalue weighted by molar-refractivity contribution is 9.13. The van der Waals surface area contributed by atoms with E-state index in [0.29, 0.717) is 6.04 Å². The number of furan rings is 1. The van der Waals surface area contributed by atoms with Crippen molar-refractivity contribution in [2.45, 2.75) is 45.7 Å². The molecule has 0 aliphatic rings. The fourth-order valence-electron chi connectivity index (χ4n) is 1.52. The number of hydrogen-bond donors (Lipinski definition) is 1. The third kappa shape index (κ3) is 4.29. The average Bonchev–Trinajstić information content (AvgIpc) is 2.53. The van der Waals surface area contributed by atoms with Gasteiger partial charge in [-0.15, -0.1) is 0 Å². The highest BCUT2D eigenvalue weighted by Crippen LogP contribution is 2.26.